The zero-order valence-corrected chi connectivity index (χ0v) is 21.5. The molecule has 0 aliphatic carbocycles. The number of rotatable bonds is 9. The minimum absolute atomic E-state index is 0.0280. The molecule has 2 heterocycles. The highest BCUT2D eigenvalue weighted by atomic mass is 32.2. The fraction of sp³-hybridized carbons (Fsp3) is 0.154. The van der Waals surface area contributed by atoms with Crippen molar-refractivity contribution in [3.05, 3.63) is 83.0 Å². The lowest BCUT2D eigenvalue weighted by Gasteiger charge is -2.16. The van der Waals surface area contributed by atoms with E-state index in [1.807, 2.05) is 32.0 Å². The Kier molecular flexibility index (Phi) is 7.63. The van der Waals surface area contributed by atoms with Crippen molar-refractivity contribution in [3.8, 4) is 34.8 Å². The molecule has 0 atom stereocenters. The molecule has 10 nitrogen and oxygen atoms in total. The van der Waals surface area contributed by atoms with E-state index in [1.165, 1.54) is 32.7 Å². The van der Waals surface area contributed by atoms with Crippen LogP contribution in [0.1, 0.15) is 16.7 Å². The quantitative estimate of drug-likeness (QED) is 0.333. The maximum absolute atomic E-state index is 13.2. The summed E-state index contributed by atoms with van der Waals surface area (Å²) in [7, 11) is -1.17. The second kappa shape index (κ2) is 11.0. The van der Waals surface area contributed by atoms with Crippen LogP contribution in [-0.4, -0.2) is 42.6 Å². The van der Waals surface area contributed by atoms with Crippen molar-refractivity contribution in [1.82, 2.24) is 19.9 Å². The van der Waals surface area contributed by atoms with E-state index < -0.39 is 10.0 Å². The van der Waals surface area contributed by atoms with E-state index in [9.17, 15) is 8.42 Å². The van der Waals surface area contributed by atoms with Crippen molar-refractivity contribution in [2.75, 3.05) is 18.9 Å². The maximum atomic E-state index is 13.2. The Hall–Kier alpha value is -4.51. The van der Waals surface area contributed by atoms with Gasteiger partial charge >= 0.3 is 0 Å². The molecule has 4 rings (SSSR count). The Morgan fingerprint density at radius 3 is 2.14 bits per heavy atom. The van der Waals surface area contributed by atoms with Crippen molar-refractivity contribution < 1.29 is 22.6 Å². The molecule has 0 aliphatic heterocycles. The van der Waals surface area contributed by atoms with E-state index in [0.29, 0.717) is 11.5 Å². The van der Waals surface area contributed by atoms with Gasteiger partial charge in [-0.05, 0) is 54.8 Å². The average Bonchev–Trinajstić information content (AvgIpc) is 2.89. The number of nitrogens with zero attached hydrogens (tertiary/aromatic N) is 4. The fourth-order valence-electron chi connectivity index (χ4n) is 3.47. The van der Waals surface area contributed by atoms with Gasteiger partial charge in [0.2, 0.25) is 11.6 Å². The molecule has 0 bridgehead atoms. The minimum Gasteiger partial charge on any atom is -0.493 e. The Morgan fingerprint density at radius 1 is 0.811 bits per heavy atom. The number of aromatic nitrogens is 4. The molecule has 37 heavy (non-hydrogen) atoms. The van der Waals surface area contributed by atoms with Crippen molar-refractivity contribution in [2.24, 2.45) is 0 Å². The first-order chi connectivity index (χ1) is 17.8. The van der Waals surface area contributed by atoms with Crippen molar-refractivity contribution >= 4 is 21.9 Å². The highest BCUT2D eigenvalue weighted by Crippen LogP contribution is 2.40. The SMILES string of the molecule is COc1ccccc1Oc1c(NS(=O)(=O)/C=C/c2c(C)cccc2C)nc(-c2ncccn2)nc1OC. The van der Waals surface area contributed by atoms with Gasteiger partial charge in [0.1, 0.15) is 0 Å². The van der Waals surface area contributed by atoms with Crippen LogP contribution in [0, 0.1) is 13.8 Å². The fourth-order valence-corrected chi connectivity index (χ4v) is 4.26. The second-order valence-electron chi connectivity index (χ2n) is 7.81. The number of benzene rings is 2. The van der Waals surface area contributed by atoms with Gasteiger partial charge in [-0.25, -0.2) is 23.4 Å². The van der Waals surface area contributed by atoms with Crippen LogP contribution in [0.25, 0.3) is 17.7 Å². The molecule has 0 unspecified atom stereocenters. The second-order valence-corrected chi connectivity index (χ2v) is 9.38. The molecule has 0 amide bonds. The Balaban J connectivity index is 1.80. The molecule has 0 radical (unpaired) electrons. The van der Waals surface area contributed by atoms with Crippen LogP contribution in [0.3, 0.4) is 0 Å². The van der Waals surface area contributed by atoms with Crippen molar-refractivity contribution in [2.45, 2.75) is 13.8 Å². The molecule has 0 saturated heterocycles. The molecule has 11 heteroatoms. The van der Waals surface area contributed by atoms with Gasteiger partial charge in [0.05, 0.1) is 19.6 Å². The zero-order valence-electron chi connectivity index (χ0n) is 20.7. The number of sulfonamides is 1. The normalized spacial score (nSPS) is 11.4. The summed E-state index contributed by atoms with van der Waals surface area (Å²) in [6.07, 6.45) is 4.58. The maximum Gasteiger partial charge on any atom is 0.263 e. The number of aryl methyl sites for hydroxylation is 2. The van der Waals surface area contributed by atoms with Gasteiger partial charge in [-0.15, -0.1) is 0 Å². The van der Waals surface area contributed by atoms with Gasteiger partial charge in [-0.3, -0.25) is 4.72 Å². The van der Waals surface area contributed by atoms with E-state index in [2.05, 4.69) is 24.7 Å². The first-order valence-electron chi connectivity index (χ1n) is 11.1. The van der Waals surface area contributed by atoms with Gasteiger partial charge in [-0.1, -0.05) is 30.3 Å². The van der Waals surface area contributed by atoms with E-state index in [1.54, 1.807) is 30.3 Å². The molecule has 190 valence electrons. The highest BCUT2D eigenvalue weighted by molar-refractivity contribution is 7.95. The standard InChI is InChI=1S/C26H25N5O5S/c1-17-9-7-10-18(2)19(17)13-16-37(32,33)31-23-22(36-21-12-6-5-11-20(21)34-3)26(35-4)30-25(29-23)24-27-14-8-15-28-24/h5-16H,1-4H3,(H,29,30,31)/b16-13+. The van der Waals surface area contributed by atoms with Crippen LogP contribution < -0.4 is 18.9 Å². The first kappa shape index (κ1) is 25.6. The van der Waals surface area contributed by atoms with E-state index >= 15 is 0 Å². The summed E-state index contributed by atoms with van der Waals surface area (Å²) in [5.74, 6) is 0.699. The number of methoxy groups -OCH3 is 2. The zero-order chi connectivity index (χ0) is 26.4. The number of para-hydroxylation sites is 2. The third kappa shape index (κ3) is 6.01. The lowest BCUT2D eigenvalue weighted by Crippen LogP contribution is -2.13. The summed E-state index contributed by atoms with van der Waals surface area (Å²) in [4.78, 5) is 17.0. The van der Waals surface area contributed by atoms with E-state index in [0.717, 1.165) is 22.1 Å². The van der Waals surface area contributed by atoms with Gasteiger partial charge in [-0.2, -0.15) is 4.98 Å². The predicted molar refractivity (Wildman–Crippen MR) is 140 cm³/mol. The lowest BCUT2D eigenvalue weighted by atomic mass is 10.0. The summed E-state index contributed by atoms with van der Waals surface area (Å²) in [5.41, 5.74) is 2.69. The number of hydrogen-bond acceptors (Lipinski definition) is 9. The van der Waals surface area contributed by atoms with Crippen LogP contribution in [0.2, 0.25) is 0 Å². The molecule has 2 aromatic carbocycles. The molecule has 0 spiro atoms. The molecule has 0 saturated carbocycles. The summed E-state index contributed by atoms with van der Waals surface area (Å²) in [6.45, 7) is 3.82. The molecular weight excluding hydrogens is 494 g/mol. The van der Waals surface area contributed by atoms with E-state index in [-0.39, 0.29) is 29.1 Å². The molecule has 4 aromatic rings. The average molecular weight is 520 g/mol. The van der Waals surface area contributed by atoms with Crippen LogP contribution in [0.5, 0.6) is 23.1 Å². The monoisotopic (exact) mass is 519 g/mol. The number of hydrogen-bond donors (Lipinski definition) is 1. The van der Waals surface area contributed by atoms with Gasteiger partial charge in [0, 0.05) is 12.4 Å². The van der Waals surface area contributed by atoms with Crippen molar-refractivity contribution in [1.29, 1.82) is 0 Å². The van der Waals surface area contributed by atoms with Crippen LogP contribution >= 0.6 is 0 Å². The topological polar surface area (TPSA) is 125 Å². The third-order valence-corrected chi connectivity index (χ3v) is 6.24. The van der Waals surface area contributed by atoms with Gasteiger partial charge in [0.15, 0.2) is 23.1 Å². The van der Waals surface area contributed by atoms with Crippen LogP contribution in [0.4, 0.5) is 5.82 Å². The summed E-state index contributed by atoms with van der Waals surface area (Å²) in [5, 5.41) is 1.07. The lowest BCUT2D eigenvalue weighted by molar-refractivity contribution is 0.348. The Labute approximate surface area is 215 Å². The summed E-state index contributed by atoms with van der Waals surface area (Å²) < 4.78 is 45.6. The molecular formula is C26H25N5O5S. The van der Waals surface area contributed by atoms with Crippen LogP contribution in [0.15, 0.2) is 66.3 Å². The molecule has 0 fully saturated rings. The van der Waals surface area contributed by atoms with Crippen LogP contribution in [-0.2, 0) is 10.0 Å². The van der Waals surface area contributed by atoms with E-state index in [4.69, 9.17) is 14.2 Å². The highest BCUT2D eigenvalue weighted by Gasteiger charge is 2.23. The van der Waals surface area contributed by atoms with Gasteiger partial charge in [0.25, 0.3) is 15.9 Å². The molecule has 0 aliphatic rings. The first-order valence-corrected chi connectivity index (χ1v) is 12.7. The Morgan fingerprint density at radius 2 is 1.49 bits per heavy atom. The number of nitrogens with one attached hydrogen (secondary N) is 1. The summed E-state index contributed by atoms with van der Waals surface area (Å²) in [6, 6.07) is 14.3. The summed E-state index contributed by atoms with van der Waals surface area (Å²) >= 11 is 0. The largest absolute Gasteiger partial charge is 0.493 e. The molecule has 2 aromatic heterocycles. The third-order valence-electron chi connectivity index (χ3n) is 5.27. The predicted octanol–water partition coefficient (Wildman–Crippen LogP) is 4.77. The number of ether oxygens (including phenoxy) is 3. The number of anilines is 1. The van der Waals surface area contributed by atoms with Gasteiger partial charge < -0.3 is 14.2 Å². The smallest absolute Gasteiger partial charge is 0.263 e. The Bertz CT molecular complexity index is 1520. The van der Waals surface area contributed by atoms with Crippen molar-refractivity contribution in [3.63, 3.8) is 0 Å². The molecule has 1 N–H and O–H groups in total. The minimum atomic E-state index is -4.05.